The number of piperidine rings is 1. The lowest BCUT2D eigenvalue weighted by atomic mass is 10.1. The van der Waals surface area contributed by atoms with Crippen LogP contribution in [0.4, 0.5) is 4.79 Å². The minimum atomic E-state index is -0.215. The summed E-state index contributed by atoms with van der Waals surface area (Å²) in [6.45, 7) is 12.1. The first-order chi connectivity index (χ1) is 14.0. The largest absolute Gasteiger partial charge is 0.493 e. The van der Waals surface area contributed by atoms with Crippen LogP contribution in [0.3, 0.4) is 0 Å². The molecular formula is C22H37IN4O3. The highest BCUT2D eigenvalue weighted by molar-refractivity contribution is 14.0. The van der Waals surface area contributed by atoms with Crippen molar-refractivity contribution in [2.24, 2.45) is 10.9 Å². The van der Waals surface area contributed by atoms with Crippen LogP contribution < -0.4 is 15.4 Å². The van der Waals surface area contributed by atoms with Crippen LogP contribution in [0.5, 0.6) is 5.75 Å². The van der Waals surface area contributed by atoms with Crippen molar-refractivity contribution >= 4 is 36.0 Å². The highest BCUT2D eigenvalue weighted by atomic mass is 127. The molecule has 1 aliphatic rings. The number of carbonyl (C=O) groups excluding carboxylic acids is 1. The van der Waals surface area contributed by atoms with Gasteiger partial charge in [-0.05, 0) is 50.3 Å². The number of amides is 1. The molecule has 0 radical (unpaired) electrons. The van der Waals surface area contributed by atoms with E-state index in [1.165, 1.54) is 0 Å². The predicted molar refractivity (Wildman–Crippen MR) is 132 cm³/mol. The second-order valence-corrected chi connectivity index (χ2v) is 7.65. The summed E-state index contributed by atoms with van der Waals surface area (Å²) in [6, 6.07) is 8.41. The number of ether oxygens (including phenoxy) is 2. The fourth-order valence-corrected chi connectivity index (χ4v) is 3.06. The van der Waals surface area contributed by atoms with Crippen LogP contribution in [0.25, 0.3) is 0 Å². The van der Waals surface area contributed by atoms with Gasteiger partial charge in [0, 0.05) is 25.7 Å². The topological polar surface area (TPSA) is 75.2 Å². The number of halogens is 1. The molecule has 1 amide bonds. The predicted octanol–water partition coefficient (Wildman–Crippen LogP) is 4.02. The Labute approximate surface area is 198 Å². The Morgan fingerprint density at radius 2 is 1.87 bits per heavy atom. The Kier molecular flexibility index (Phi) is 12.6. The van der Waals surface area contributed by atoms with Gasteiger partial charge in [-0.3, -0.25) is 0 Å². The van der Waals surface area contributed by atoms with Crippen LogP contribution in [0, 0.1) is 5.92 Å². The van der Waals surface area contributed by atoms with Crippen molar-refractivity contribution in [2.45, 2.75) is 53.1 Å². The number of nitrogens with zero attached hydrogens (tertiary/aromatic N) is 2. The lowest BCUT2D eigenvalue weighted by Crippen LogP contribution is -2.49. The number of carbonyl (C=O) groups is 1. The maximum absolute atomic E-state index is 11.8. The summed E-state index contributed by atoms with van der Waals surface area (Å²) >= 11 is 0. The van der Waals surface area contributed by atoms with E-state index in [0.717, 1.165) is 43.3 Å². The molecule has 8 heteroatoms. The molecule has 0 aliphatic carbocycles. The second kappa shape index (κ2) is 14.3. The molecule has 0 unspecified atom stereocenters. The number of hydrogen-bond acceptors (Lipinski definition) is 4. The maximum atomic E-state index is 11.8. The Balaban J connectivity index is 0.00000450. The molecular weight excluding hydrogens is 495 g/mol. The van der Waals surface area contributed by atoms with Crippen molar-refractivity contribution in [3.63, 3.8) is 0 Å². The molecule has 1 heterocycles. The van der Waals surface area contributed by atoms with E-state index in [-0.39, 0.29) is 30.1 Å². The van der Waals surface area contributed by atoms with Gasteiger partial charge >= 0.3 is 6.09 Å². The summed E-state index contributed by atoms with van der Waals surface area (Å²) in [6.07, 6.45) is 1.54. The first-order valence-electron chi connectivity index (χ1n) is 10.7. The van der Waals surface area contributed by atoms with Crippen molar-refractivity contribution in [3.05, 3.63) is 29.8 Å². The van der Waals surface area contributed by atoms with Gasteiger partial charge < -0.3 is 25.0 Å². The van der Waals surface area contributed by atoms with E-state index in [9.17, 15) is 4.79 Å². The molecule has 1 saturated heterocycles. The van der Waals surface area contributed by atoms with Crippen molar-refractivity contribution in [2.75, 3.05) is 32.8 Å². The molecule has 7 nitrogen and oxygen atoms in total. The maximum Gasteiger partial charge on any atom is 0.409 e. The molecule has 2 N–H and O–H groups in total. The number of hydrogen-bond donors (Lipinski definition) is 2. The molecule has 30 heavy (non-hydrogen) atoms. The average molecular weight is 532 g/mol. The molecule has 0 aromatic heterocycles. The Morgan fingerprint density at radius 1 is 1.20 bits per heavy atom. The number of likely N-dealkylation sites (tertiary alicyclic amines) is 1. The molecule has 0 atom stereocenters. The van der Waals surface area contributed by atoms with E-state index in [1.807, 2.05) is 19.1 Å². The average Bonchev–Trinajstić information content (AvgIpc) is 2.72. The highest BCUT2D eigenvalue weighted by Crippen LogP contribution is 2.14. The molecule has 170 valence electrons. The third kappa shape index (κ3) is 9.40. The molecule has 0 bridgehead atoms. The van der Waals surface area contributed by atoms with Gasteiger partial charge in [-0.25, -0.2) is 9.79 Å². The van der Waals surface area contributed by atoms with Crippen molar-refractivity contribution in [1.82, 2.24) is 15.5 Å². The van der Waals surface area contributed by atoms with Crippen molar-refractivity contribution < 1.29 is 14.3 Å². The molecule has 1 fully saturated rings. The van der Waals surface area contributed by atoms with Gasteiger partial charge in [0.15, 0.2) is 5.96 Å². The fraction of sp³-hybridized carbons (Fsp3) is 0.636. The van der Waals surface area contributed by atoms with E-state index in [2.05, 4.69) is 43.5 Å². The van der Waals surface area contributed by atoms with Gasteiger partial charge in [0.1, 0.15) is 5.75 Å². The molecule has 2 rings (SSSR count). The van der Waals surface area contributed by atoms with Crippen LogP contribution in [0.15, 0.2) is 29.3 Å². The highest BCUT2D eigenvalue weighted by Gasteiger charge is 2.24. The standard InChI is InChI=1S/C22H36N4O3.HI/c1-5-23-21(25-19-11-13-26(14-12-19)22(27)28-6-2)24-15-18-7-9-20(10-8-18)29-16-17(3)4;/h7-10,17,19H,5-6,11-16H2,1-4H3,(H2,23,24,25);1H. The van der Waals surface area contributed by atoms with Gasteiger partial charge in [-0.2, -0.15) is 0 Å². The zero-order chi connectivity index (χ0) is 21.1. The van der Waals surface area contributed by atoms with Gasteiger partial charge in [0.05, 0.1) is 19.8 Å². The minimum absolute atomic E-state index is 0. The van der Waals surface area contributed by atoms with Gasteiger partial charge in [-0.15, -0.1) is 24.0 Å². The van der Waals surface area contributed by atoms with E-state index < -0.39 is 0 Å². The monoisotopic (exact) mass is 532 g/mol. The molecule has 0 spiro atoms. The quantitative estimate of drug-likeness (QED) is 0.301. The first-order valence-corrected chi connectivity index (χ1v) is 10.7. The fourth-order valence-electron chi connectivity index (χ4n) is 3.06. The number of nitrogens with one attached hydrogen (secondary N) is 2. The second-order valence-electron chi connectivity index (χ2n) is 7.65. The summed E-state index contributed by atoms with van der Waals surface area (Å²) in [7, 11) is 0. The Morgan fingerprint density at radius 3 is 2.43 bits per heavy atom. The van der Waals surface area contributed by atoms with E-state index in [0.29, 0.717) is 38.2 Å². The summed E-state index contributed by atoms with van der Waals surface area (Å²) in [4.78, 5) is 18.3. The minimum Gasteiger partial charge on any atom is -0.493 e. The Bertz CT molecular complexity index is 644. The first kappa shape index (κ1) is 26.3. The molecule has 1 aromatic carbocycles. The van der Waals surface area contributed by atoms with Crippen molar-refractivity contribution in [1.29, 1.82) is 0 Å². The summed E-state index contributed by atoms with van der Waals surface area (Å²) < 4.78 is 10.8. The third-order valence-electron chi connectivity index (χ3n) is 4.63. The van der Waals surface area contributed by atoms with E-state index in [1.54, 1.807) is 4.90 Å². The van der Waals surface area contributed by atoms with E-state index >= 15 is 0 Å². The third-order valence-corrected chi connectivity index (χ3v) is 4.63. The number of guanidine groups is 1. The SMILES string of the molecule is CCNC(=NCc1ccc(OCC(C)C)cc1)NC1CCN(C(=O)OCC)CC1.I. The van der Waals surface area contributed by atoms with Crippen LogP contribution in [0.1, 0.15) is 46.1 Å². The smallest absolute Gasteiger partial charge is 0.409 e. The van der Waals surface area contributed by atoms with Crippen LogP contribution in [0.2, 0.25) is 0 Å². The summed E-state index contributed by atoms with van der Waals surface area (Å²) in [5.41, 5.74) is 1.14. The van der Waals surface area contributed by atoms with Crippen LogP contribution in [-0.4, -0.2) is 55.8 Å². The van der Waals surface area contributed by atoms with Gasteiger partial charge in [0.25, 0.3) is 0 Å². The van der Waals surface area contributed by atoms with Gasteiger partial charge in [-0.1, -0.05) is 26.0 Å². The van der Waals surface area contributed by atoms with Crippen LogP contribution in [-0.2, 0) is 11.3 Å². The molecule has 1 aliphatic heterocycles. The summed E-state index contributed by atoms with van der Waals surface area (Å²) in [5, 5.41) is 6.81. The Hall–Kier alpha value is -1.71. The van der Waals surface area contributed by atoms with E-state index in [4.69, 9.17) is 14.5 Å². The van der Waals surface area contributed by atoms with Gasteiger partial charge in [0.2, 0.25) is 0 Å². The number of rotatable bonds is 8. The lowest BCUT2D eigenvalue weighted by Gasteiger charge is -2.32. The normalized spacial score (nSPS) is 14.8. The summed E-state index contributed by atoms with van der Waals surface area (Å²) in [5.74, 6) is 2.21. The number of aliphatic imine (C=N–C) groups is 1. The zero-order valence-corrected chi connectivity index (χ0v) is 21.0. The molecule has 0 saturated carbocycles. The van der Waals surface area contributed by atoms with Crippen molar-refractivity contribution in [3.8, 4) is 5.75 Å². The molecule has 1 aromatic rings. The van der Waals surface area contributed by atoms with Crippen LogP contribution >= 0.6 is 24.0 Å². The zero-order valence-electron chi connectivity index (χ0n) is 18.6. The number of benzene rings is 1. The lowest BCUT2D eigenvalue weighted by molar-refractivity contribution is 0.0963.